The van der Waals surface area contributed by atoms with Crippen molar-refractivity contribution in [2.45, 2.75) is 58.0 Å². The predicted molar refractivity (Wildman–Crippen MR) is 147 cm³/mol. The smallest absolute Gasteiger partial charge is 0.0653 e. The number of allylic oxidation sites excluding steroid dienone is 1. The SMILES string of the molecule is C=C(CCc1ccccc1)NC(CC(C)C)C(=C)NCCNC(CCc1ccccc1)C(=C)N. The quantitative estimate of drug-likeness (QED) is 0.242. The summed E-state index contributed by atoms with van der Waals surface area (Å²) in [7, 11) is 0. The zero-order valence-electron chi connectivity index (χ0n) is 21.2. The predicted octanol–water partition coefficient (Wildman–Crippen LogP) is 5.30. The monoisotopic (exact) mass is 460 g/mol. The van der Waals surface area contributed by atoms with Gasteiger partial charge in [0, 0.05) is 36.2 Å². The van der Waals surface area contributed by atoms with Gasteiger partial charge in [-0.1, -0.05) is 94.2 Å². The van der Waals surface area contributed by atoms with Crippen molar-refractivity contribution in [2.24, 2.45) is 11.7 Å². The first-order chi connectivity index (χ1) is 16.3. The summed E-state index contributed by atoms with van der Waals surface area (Å²) in [6, 6.07) is 21.3. The molecular weight excluding hydrogens is 416 g/mol. The van der Waals surface area contributed by atoms with E-state index in [1.54, 1.807) is 0 Å². The maximum atomic E-state index is 6.06. The highest BCUT2D eigenvalue weighted by molar-refractivity contribution is 5.17. The molecule has 2 aromatic rings. The van der Waals surface area contributed by atoms with Crippen LogP contribution < -0.4 is 21.7 Å². The Morgan fingerprint density at radius 1 is 0.824 bits per heavy atom. The number of nitrogens with two attached hydrogens (primary N) is 1. The summed E-state index contributed by atoms with van der Waals surface area (Å²) in [4.78, 5) is 0. The number of hydrogen-bond acceptors (Lipinski definition) is 4. The van der Waals surface area contributed by atoms with Crippen molar-refractivity contribution in [1.82, 2.24) is 16.0 Å². The van der Waals surface area contributed by atoms with Crippen LogP contribution in [0, 0.1) is 5.92 Å². The van der Waals surface area contributed by atoms with Crippen molar-refractivity contribution in [3.05, 3.63) is 109 Å². The molecule has 0 bridgehead atoms. The molecule has 0 fully saturated rings. The van der Waals surface area contributed by atoms with E-state index in [0.717, 1.165) is 56.6 Å². The molecule has 2 rings (SSSR count). The molecule has 0 aliphatic rings. The van der Waals surface area contributed by atoms with E-state index in [-0.39, 0.29) is 12.1 Å². The van der Waals surface area contributed by atoms with E-state index in [2.05, 4.69) is 104 Å². The molecule has 2 aromatic carbocycles. The fraction of sp³-hybridized carbons (Fsp3) is 0.400. The summed E-state index contributed by atoms with van der Waals surface area (Å²) in [5, 5.41) is 10.7. The Balaban J connectivity index is 1.76. The molecular formula is C30H44N4. The average molecular weight is 461 g/mol. The maximum Gasteiger partial charge on any atom is 0.0653 e. The second-order valence-electron chi connectivity index (χ2n) is 9.47. The molecule has 34 heavy (non-hydrogen) atoms. The molecule has 0 spiro atoms. The molecule has 0 saturated heterocycles. The van der Waals surface area contributed by atoms with Crippen molar-refractivity contribution in [3.8, 4) is 0 Å². The highest BCUT2D eigenvalue weighted by Gasteiger charge is 2.15. The third kappa shape index (κ3) is 10.8. The van der Waals surface area contributed by atoms with Crippen LogP contribution in [0.2, 0.25) is 0 Å². The second kappa shape index (κ2) is 15.0. The molecule has 0 saturated carbocycles. The molecule has 0 radical (unpaired) electrons. The Labute approximate surface area is 207 Å². The van der Waals surface area contributed by atoms with Gasteiger partial charge < -0.3 is 21.7 Å². The Morgan fingerprint density at radius 3 is 1.97 bits per heavy atom. The standard InChI is InChI=1S/C30H44N4/c1-23(2)22-30(34-24(3)16-17-27-12-8-6-9-13-27)26(5)32-20-21-33-29(25(4)31)19-18-28-14-10-7-11-15-28/h6-15,23,29-30,32-34H,3-5,16-22,31H2,1-2H3. The lowest BCUT2D eigenvalue weighted by Gasteiger charge is -2.26. The molecule has 0 amide bonds. The number of hydrogen-bond donors (Lipinski definition) is 4. The van der Waals surface area contributed by atoms with Crippen LogP contribution in [0.4, 0.5) is 0 Å². The van der Waals surface area contributed by atoms with E-state index in [9.17, 15) is 0 Å². The molecule has 0 aliphatic heterocycles. The second-order valence-corrected chi connectivity index (χ2v) is 9.47. The Hall–Kier alpha value is -2.98. The van der Waals surface area contributed by atoms with Crippen LogP contribution in [-0.4, -0.2) is 25.2 Å². The van der Waals surface area contributed by atoms with Gasteiger partial charge >= 0.3 is 0 Å². The largest absolute Gasteiger partial charge is 0.401 e. The highest BCUT2D eigenvalue weighted by Crippen LogP contribution is 2.14. The van der Waals surface area contributed by atoms with Gasteiger partial charge in [0.2, 0.25) is 0 Å². The van der Waals surface area contributed by atoms with Gasteiger partial charge in [0.25, 0.3) is 0 Å². The van der Waals surface area contributed by atoms with Gasteiger partial charge in [-0.3, -0.25) is 0 Å². The fourth-order valence-corrected chi connectivity index (χ4v) is 3.99. The average Bonchev–Trinajstić information content (AvgIpc) is 2.82. The number of rotatable bonds is 17. The van der Waals surface area contributed by atoms with Gasteiger partial charge in [0.15, 0.2) is 0 Å². The molecule has 2 atom stereocenters. The van der Waals surface area contributed by atoms with Gasteiger partial charge in [-0.15, -0.1) is 0 Å². The summed E-state index contributed by atoms with van der Waals surface area (Å²) >= 11 is 0. The maximum absolute atomic E-state index is 6.06. The van der Waals surface area contributed by atoms with Gasteiger partial charge in [-0.2, -0.15) is 0 Å². The topological polar surface area (TPSA) is 62.1 Å². The highest BCUT2D eigenvalue weighted by atomic mass is 15.0. The molecule has 184 valence electrons. The van der Waals surface area contributed by atoms with E-state index in [4.69, 9.17) is 5.73 Å². The van der Waals surface area contributed by atoms with E-state index >= 15 is 0 Å². The van der Waals surface area contributed by atoms with Crippen LogP contribution >= 0.6 is 0 Å². The minimum absolute atomic E-state index is 0.0950. The molecule has 5 N–H and O–H groups in total. The van der Waals surface area contributed by atoms with Crippen LogP contribution in [0.5, 0.6) is 0 Å². The van der Waals surface area contributed by atoms with Crippen molar-refractivity contribution < 1.29 is 0 Å². The van der Waals surface area contributed by atoms with Crippen molar-refractivity contribution in [3.63, 3.8) is 0 Å². The first-order valence-corrected chi connectivity index (χ1v) is 12.5. The van der Waals surface area contributed by atoms with Crippen LogP contribution in [0.15, 0.2) is 97.5 Å². The van der Waals surface area contributed by atoms with E-state index in [1.165, 1.54) is 11.1 Å². The molecule has 2 unspecified atom stereocenters. The summed E-state index contributed by atoms with van der Waals surface area (Å²) in [5.41, 5.74) is 11.4. The summed E-state index contributed by atoms with van der Waals surface area (Å²) in [6.07, 6.45) is 4.80. The minimum atomic E-state index is 0.0950. The third-order valence-electron chi connectivity index (χ3n) is 5.94. The lowest BCUT2D eigenvalue weighted by atomic mass is 10.0. The van der Waals surface area contributed by atoms with Gasteiger partial charge in [-0.05, 0) is 49.1 Å². The number of aryl methyl sites for hydroxylation is 2. The number of benzene rings is 2. The summed E-state index contributed by atoms with van der Waals surface area (Å²) in [5.74, 6) is 0.555. The van der Waals surface area contributed by atoms with E-state index in [1.807, 2.05) is 6.07 Å². The normalized spacial score (nSPS) is 12.7. The zero-order valence-corrected chi connectivity index (χ0v) is 21.2. The lowest BCUT2D eigenvalue weighted by molar-refractivity contribution is 0.457. The lowest BCUT2D eigenvalue weighted by Crippen LogP contribution is -2.41. The van der Waals surface area contributed by atoms with Crippen LogP contribution in [0.1, 0.15) is 44.2 Å². The summed E-state index contributed by atoms with van der Waals surface area (Å²) < 4.78 is 0. The Morgan fingerprint density at radius 2 is 1.41 bits per heavy atom. The fourth-order valence-electron chi connectivity index (χ4n) is 3.99. The minimum Gasteiger partial charge on any atom is -0.401 e. The molecule has 0 aromatic heterocycles. The summed E-state index contributed by atoms with van der Waals surface area (Å²) in [6.45, 7) is 18.6. The van der Waals surface area contributed by atoms with Crippen LogP contribution in [-0.2, 0) is 12.8 Å². The van der Waals surface area contributed by atoms with Gasteiger partial charge in [-0.25, -0.2) is 0 Å². The third-order valence-corrected chi connectivity index (χ3v) is 5.94. The van der Waals surface area contributed by atoms with Gasteiger partial charge in [0.1, 0.15) is 0 Å². The van der Waals surface area contributed by atoms with Gasteiger partial charge in [0.05, 0.1) is 6.04 Å². The Kier molecular flexibility index (Phi) is 12.0. The van der Waals surface area contributed by atoms with E-state index < -0.39 is 0 Å². The first-order valence-electron chi connectivity index (χ1n) is 12.5. The molecule has 4 heteroatoms. The van der Waals surface area contributed by atoms with Crippen LogP contribution in [0.3, 0.4) is 0 Å². The van der Waals surface area contributed by atoms with Crippen LogP contribution in [0.25, 0.3) is 0 Å². The molecule has 0 aliphatic carbocycles. The zero-order chi connectivity index (χ0) is 24.8. The molecule has 0 heterocycles. The van der Waals surface area contributed by atoms with Crippen molar-refractivity contribution >= 4 is 0 Å². The van der Waals surface area contributed by atoms with Crippen molar-refractivity contribution in [2.75, 3.05) is 13.1 Å². The first kappa shape index (κ1) is 27.3. The Bertz CT molecular complexity index is 873. The number of nitrogens with one attached hydrogen (secondary N) is 3. The molecule has 4 nitrogen and oxygen atoms in total. The van der Waals surface area contributed by atoms with Crippen molar-refractivity contribution in [1.29, 1.82) is 0 Å². The van der Waals surface area contributed by atoms with E-state index in [0.29, 0.717) is 11.6 Å².